The number of piperidine rings is 1. The molecule has 0 radical (unpaired) electrons. The molecule has 5 heteroatoms. The average molecular weight is 369 g/mol. The molecule has 1 saturated heterocycles. The van der Waals surface area contributed by atoms with E-state index in [1.807, 2.05) is 18.7 Å². The van der Waals surface area contributed by atoms with Gasteiger partial charge in [-0.25, -0.2) is 0 Å². The SMILES string of the molecule is CCc1ccc(C(C)(C)C(=O)N2CCC(OCCCN)CC2)cc1.Cl. The lowest BCUT2D eigenvalue weighted by Gasteiger charge is -2.37. The molecule has 25 heavy (non-hydrogen) atoms. The average Bonchev–Trinajstić information content (AvgIpc) is 2.62. The fourth-order valence-corrected chi connectivity index (χ4v) is 3.23. The summed E-state index contributed by atoms with van der Waals surface area (Å²) >= 11 is 0. The van der Waals surface area contributed by atoms with Crippen LogP contribution in [0.1, 0.15) is 51.2 Å². The Morgan fingerprint density at radius 1 is 1.24 bits per heavy atom. The summed E-state index contributed by atoms with van der Waals surface area (Å²) < 4.78 is 5.83. The first-order chi connectivity index (χ1) is 11.5. The summed E-state index contributed by atoms with van der Waals surface area (Å²) in [4.78, 5) is 15.0. The quantitative estimate of drug-likeness (QED) is 0.751. The van der Waals surface area contributed by atoms with Crippen molar-refractivity contribution in [1.29, 1.82) is 0 Å². The van der Waals surface area contributed by atoms with Gasteiger partial charge in [-0.3, -0.25) is 4.79 Å². The van der Waals surface area contributed by atoms with Crippen LogP contribution in [-0.2, 0) is 21.4 Å². The van der Waals surface area contributed by atoms with E-state index >= 15 is 0 Å². The summed E-state index contributed by atoms with van der Waals surface area (Å²) in [6.45, 7) is 9.16. The number of halogens is 1. The topological polar surface area (TPSA) is 55.6 Å². The number of ether oxygens (including phenoxy) is 1. The van der Waals surface area contributed by atoms with Crippen molar-refractivity contribution >= 4 is 18.3 Å². The Hall–Kier alpha value is -1.10. The monoisotopic (exact) mass is 368 g/mol. The van der Waals surface area contributed by atoms with E-state index in [1.165, 1.54) is 5.56 Å². The Morgan fingerprint density at radius 3 is 2.36 bits per heavy atom. The summed E-state index contributed by atoms with van der Waals surface area (Å²) in [5.74, 6) is 0.215. The lowest BCUT2D eigenvalue weighted by molar-refractivity contribution is -0.139. The third-order valence-electron chi connectivity index (χ3n) is 5.05. The predicted molar refractivity (Wildman–Crippen MR) is 105 cm³/mol. The minimum absolute atomic E-state index is 0. The Bertz CT molecular complexity index is 523. The van der Waals surface area contributed by atoms with Gasteiger partial charge in [0, 0.05) is 19.7 Å². The van der Waals surface area contributed by atoms with Gasteiger partial charge in [-0.1, -0.05) is 31.2 Å². The molecular weight excluding hydrogens is 336 g/mol. The Labute approximate surface area is 158 Å². The second-order valence-electron chi connectivity index (χ2n) is 7.18. The van der Waals surface area contributed by atoms with E-state index in [4.69, 9.17) is 10.5 Å². The molecule has 0 aliphatic carbocycles. The number of carbonyl (C=O) groups is 1. The van der Waals surface area contributed by atoms with Crippen molar-refractivity contribution in [3.8, 4) is 0 Å². The number of nitrogens with two attached hydrogens (primary N) is 1. The van der Waals surface area contributed by atoms with Crippen molar-refractivity contribution in [3.05, 3.63) is 35.4 Å². The lowest BCUT2D eigenvalue weighted by atomic mass is 9.82. The molecule has 0 atom stereocenters. The zero-order valence-corrected chi connectivity index (χ0v) is 16.6. The fourth-order valence-electron chi connectivity index (χ4n) is 3.23. The van der Waals surface area contributed by atoms with Crippen LogP contribution in [-0.4, -0.2) is 43.2 Å². The van der Waals surface area contributed by atoms with Gasteiger partial charge in [0.05, 0.1) is 11.5 Å². The smallest absolute Gasteiger partial charge is 0.232 e. The highest BCUT2D eigenvalue weighted by atomic mass is 35.5. The first-order valence-electron chi connectivity index (χ1n) is 9.19. The molecular formula is C20H33ClN2O2. The van der Waals surface area contributed by atoms with Gasteiger partial charge >= 0.3 is 0 Å². The van der Waals surface area contributed by atoms with Crippen LogP contribution in [0.2, 0.25) is 0 Å². The molecule has 4 nitrogen and oxygen atoms in total. The highest BCUT2D eigenvalue weighted by molar-refractivity contribution is 5.87. The van der Waals surface area contributed by atoms with E-state index in [0.717, 1.165) is 50.9 Å². The maximum Gasteiger partial charge on any atom is 0.232 e. The molecule has 1 amide bonds. The number of hydrogen-bond donors (Lipinski definition) is 1. The van der Waals surface area contributed by atoms with Crippen LogP contribution >= 0.6 is 12.4 Å². The van der Waals surface area contributed by atoms with E-state index < -0.39 is 5.41 Å². The van der Waals surface area contributed by atoms with Crippen LogP contribution < -0.4 is 5.73 Å². The van der Waals surface area contributed by atoms with Gasteiger partial charge in [-0.15, -0.1) is 12.4 Å². The molecule has 1 aromatic rings. The maximum atomic E-state index is 13.0. The summed E-state index contributed by atoms with van der Waals surface area (Å²) in [5, 5.41) is 0. The number of amides is 1. The van der Waals surface area contributed by atoms with Crippen LogP contribution in [0, 0.1) is 0 Å². The van der Waals surface area contributed by atoms with Crippen LogP contribution in [0.5, 0.6) is 0 Å². The lowest BCUT2D eigenvalue weighted by Crippen LogP contribution is -2.48. The van der Waals surface area contributed by atoms with Gasteiger partial charge in [-0.05, 0) is 57.2 Å². The number of carbonyl (C=O) groups excluding carboxylic acids is 1. The molecule has 0 bridgehead atoms. The number of benzene rings is 1. The van der Waals surface area contributed by atoms with Crippen molar-refractivity contribution in [2.24, 2.45) is 5.73 Å². The molecule has 1 aromatic carbocycles. The standard InChI is InChI=1S/C20H32N2O2.ClH/c1-4-16-6-8-17(9-7-16)20(2,3)19(23)22-13-10-18(11-14-22)24-15-5-12-21;/h6-9,18H,4-5,10-15,21H2,1-3H3;1H. The van der Waals surface area contributed by atoms with Crippen molar-refractivity contribution in [1.82, 2.24) is 4.90 Å². The van der Waals surface area contributed by atoms with Gasteiger partial charge in [0.15, 0.2) is 0 Å². The third-order valence-corrected chi connectivity index (χ3v) is 5.05. The van der Waals surface area contributed by atoms with E-state index in [-0.39, 0.29) is 24.4 Å². The van der Waals surface area contributed by atoms with Gasteiger partial charge in [0.1, 0.15) is 0 Å². The fraction of sp³-hybridized carbons (Fsp3) is 0.650. The molecule has 1 aliphatic heterocycles. The Balaban J connectivity index is 0.00000312. The van der Waals surface area contributed by atoms with Crippen LogP contribution in [0.4, 0.5) is 0 Å². The number of rotatable bonds is 7. The highest BCUT2D eigenvalue weighted by Crippen LogP contribution is 2.28. The van der Waals surface area contributed by atoms with E-state index in [9.17, 15) is 4.79 Å². The van der Waals surface area contributed by atoms with Crippen molar-refractivity contribution < 1.29 is 9.53 Å². The molecule has 1 heterocycles. The number of likely N-dealkylation sites (tertiary alicyclic amines) is 1. The summed E-state index contributed by atoms with van der Waals surface area (Å²) in [7, 11) is 0. The summed E-state index contributed by atoms with van der Waals surface area (Å²) in [5.41, 5.74) is 7.40. The number of hydrogen-bond acceptors (Lipinski definition) is 3. The predicted octanol–water partition coefficient (Wildman–Crippen LogP) is 3.30. The molecule has 0 unspecified atom stereocenters. The first-order valence-corrected chi connectivity index (χ1v) is 9.19. The molecule has 0 aromatic heterocycles. The molecule has 1 fully saturated rings. The van der Waals surface area contributed by atoms with Crippen LogP contribution in [0.25, 0.3) is 0 Å². The van der Waals surface area contributed by atoms with E-state index in [2.05, 4.69) is 31.2 Å². The molecule has 2 rings (SSSR count). The molecule has 2 N–H and O–H groups in total. The van der Waals surface area contributed by atoms with Crippen LogP contribution in [0.3, 0.4) is 0 Å². The largest absolute Gasteiger partial charge is 0.378 e. The Kier molecular flexibility index (Phi) is 8.91. The maximum absolute atomic E-state index is 13.0. The molecule has 0 spiro atoms. The second-order valence-corrected chi connectivity index (χ2v) is 7.18. The molecule has 142 valence electrons. The van der Waals surface area contributed by atoms with Gasteiger partial charge < -0.3 is 15.4 Å². The number of aryl methyl sites for hydroxylation is 1. The third kappa shape index (κ3) is 5.70. The van der Waals surface area contributed by atoms with E-state index in [0.29, 0.717) is 6.54 Å². The van der Waals surface area contributed by atoms with Crippen molar-refractivity contribution in [2.75, 3.05) is 26.2 Å². The number of nitrogens with zero attached hydrogens (tertiary/aromatic N) is 1. The first kappa shape index (κ1) is 21.9. The second kappa shape index (κ2) is 10.1. The summed E-state index contributed by atoms with van der Waals surface area (Å²) in [6.07, 6.45) is 4.03. The van der Waals surface area contributed by atoms with Crippen LogP contribution in [0.15, 0.2) is 24.3 Å². The van der Waals surface area contributed by atoms with E-state index in [1.54, 1.807) is 0 Å². The minimum Gasteiger partial charge on any atom is -0.378 e. The molecule has 0 saturated carbocycles. The Morgan fingerprint density at radius 2 is 1.84 bits per heavy atom. The van der Waals surface area contributed by atoms with Gasteiger partial charge in [0.25, 0.3) is 0 Å². The molecule has 1 aliphatic rings. The van der Waals surface area contributed by atoms with Gasteiger partial charge in [-0.2, -0.15) is 0 Å². The zero-order valence-electron chi connectivity index (χ0n) is 15.8. The normalized spacial score (nSPS) is 15.8. The van der Waals surface area contributed by atoms with Crippen molar-refractivity contribution in [2.45, 2.75) is 58.0 Å². The van der Waals surface area contributed by atoms with Crippen molar-refractivity contribution in [3.63, 3.8) is 0 Å². The van der Waals surface area contributed by atoms with Gasteiger partial charge in [0.2, 0.25) is 5.91 Å². The zero-order chi connectivity index (χ0) is 17.6. The minimum atomic E-state index is -0.487. The highest BCUT2D eigenvalue weighted by Gasteiger charge is 2.35. The summed E-state index contributed by atoms with van der Waals surface area (Å²) in [6, 6.07) is 8.45.